The van der Waals surface area contributed by atoms with Gasteiger partial charge in [-0.25, -0.2) is 4.79 Å². The monoisotopic (exact) mass is 277 g/mol. The quantitative estimate of drug-likeness (QED) is 0.918. The summed E-state index contributed by atoms with van der Waals surface area (Å²) in [6.45, 7) is 3.64. The fraction of sp³-hybridized carbons (Fsp3) is 0.143. The Bertz CT molecular complexity index is 719. The number of benzene rings is 1. The molecule has 0 bridgehead atoms. The Morgan fingerprint density at radius 3 is 2.53 bits per heavy atom. The first-order valence-corrected chi connectivity index (χ1v) is 6.01. The number of halogens is 1. The maximum absolute atomic E-state index is 11.6. The predicted molar refractivity (Wildman–Crippen MR) is 73.5 cm³/mol. The summed E-state index contributed by atoms with van der Waals surface area (Å²) in [7, 11) is 0. The normalized spacial score (nSPS) is 10.5. The van der Waals surface area contributed by atoms with E-state index in [0.717, 1.165) is 5.56 Å². The molecule has 0 atom stereocenters. The highest BCUT2D eigenvalue weighted by Gasteiger charge is 2.13. The molecule has 4 nitrogen and oxygen atoms in total. The number of nitrogens with zero attached hydrogens (tertiary/aromatic N) is 1. The minimum Gasteiger partial charge on any atom is -0.477 e. The van der Waals surface area contributed by atoms with Crippen LogP contribution in [0.2, 0.25) is 5.02 Å². The van der Waals surface area contributed by atoms with Crippen molar-refractivity contribution in [3.63, 3.8) is 0 Å². The number of hydrogen-bond donors (Lipinski definition) is 1. The maximum atomic E-state index is 11.6. The minimum absolute atomic E-state index is 0.276. The van der Waals surface area contributed by atoms with E-state index in [0.29, 0.717) is 16.4 Å². The number of pyridine rings is 1. The largest absolute Gasteiger partial charge is 0.477 e. The van der Waals surface area contributed by atoms with Gasteiger partial charge in [0.25, 0.3) is 0 Å². The number of aromatic nitrogens is 1. The van der Waals surface area contributed by atoms with Crippen LogP contribution >= 0.6 is 11.6 Å². The first-order chi connectivity index (χ1) is 8.90. The topological polar surface area (TPSA) is 59.3 Å². The van der Waals surface area contributed by atoms with Gasteiger partial charge in [0.15, 0.2) is 5.43 Å². The zero-order valence-electron chi connectivity index (χ0n) is 10.5. The van der Waals surface area contributed by atoms with Crippen LogP contribution in [0.3, 0.4) is 0 Å². The third-order valence-corrected chi connectivity index (χ3v) is 3.14. The van der Waals surface area contributed by atoms with Gasteiger partial charge in [0.1, 0.15) is 5.56 Å². The lowest BCUT2D eigenvalue weighted by atomic mass is 10.2. The molecule has 0 unspecified atom stereocenters. The summed E-state index contributed by atoms with van der Waals surface area (Å²) >= 11 is 6.16. The fourth-order valence-corrected chi connectivity index (χ4v) is 2.19. The molecule has 98 valence electrons. The van der Waals surface area contributed by atoms with Crippen molar-refractivity contribution in [2.24, 2.45) is 0 Å². The first kappa shape index (κ1) is 13.4. The second-order valence-electron chi connectivity index (χ2n) is 4.32. The van der Waals surface area contributed by atoms with E-state index in [1.807, 2.05) is 13.0 Å². The molecule has 0 amide bonds. The van der Waals surface area contributed by atoms with E-state index in [4.69, 9.17) is 16.7 Å². The molecular formula is C14H12ClNO3. The number of hydrogen-bond acceptors (Lipinski definition) is 2. The van der Waals surface area contributed by atoms with Crippen LogP contribution < -0.4 is 5.43 Å². The lowest BCUT2D eigenvalue weighted by Gasteiger charge is -2.13. The maximum Gasteiger partial charge on any atom is 0.341 e. The molecule has 0 radical (unpaired) electrons. The summed E-state index contributed by atoms with van der Waals surface area (Å²) in [6.07, 6.45) is 1.30. The Morgan fingerprint density at radius 1 is 1.26 bits per heavy atom. The lowest BCUT2D eigenvalue weighted by molar-refractivity contribution is 0.0695. The van der Waals surface area contributed by atoms with Gasteiger partial charge in [-0.3, -0.25) is 4.79 Å². The summed E-state index contributed by atoms with van der Waals surface area (Å²) in [6, 6.07) is 6.74. The molecule has 2 aromatic rings. The van der Waals surface area contributed by atoms with E-state index in [1.165, 1.54) is 12.3 Å². The summed E-state index contributed by atoms with van der Waals surface area (Å²) in [5.41, 5.74) is 1.49. The van der Waals surface area contributed by atoms with Crippen LogP contribution in [0, 0.1) is 13.8 Å². The van der Waals surface area contributed by atoms with Crippen LogP contribution in [0.5, 0.6) is 0 Å². The molecular weight excluding hydrogens is 266 g/mol. The number of rotatable bonds is 2. The van der Waals surface area contributed by atoms with Crippen LogP contribution in [-0.4, -0.2) is 15.6 Å². The molecule has 1 aromatic carbocycles. The summed E-state index contributed by atoms with van der Waals surface area (Å²) in [5, 5.41) is 9.50. The van der Waals surface area contributed by atoms with Gasteiger partial charge in [-0.05, 0) is 31.5 Å². The Labute approximate surface area is 114 Å². The van der Waals surface area contributed by atoms with Crippen LogP contribution in [0.1, 0.15) is 21.6 Å². The number of aromatic carboxylic acids is 1. The molecule has 1 aromatic heterocycles. The fourth-order valence-electron chi connectivity index (χ4n) is 1.86. The van der Waals surface area contributed by atoms with Crippen LogP contribution in [0.15, 0.2) is 35.3 Å². The standard InChI is InChI=1S/C14H12ClNO3/c1-8-3-4-12(11(15)5-8)16-7-10(14(18)19)13(17)6-9(16)2/h3-7H,1-2H3,(H,18,19). The van der Waals surface area contributed by atoms with E-state index in [9.17, 15) is 9.59 Å². The van der Waals surface area contributed by atoms with Gasteiger partial charge in [0.05, 0.1) is 10.7 Å². The molecule has 0 aliphatic rings. The van der Waals surface area contributed by atoms with Gasteiger partial charge in [0, 0.05) is 18.0 Å². The zero-order valence-corrected chi connectivity index (χ0v) is 11.2. The van der Waals surface area contributed by atoms with Crippen LogP contribution in [0.4, 0.5) is 0 Å². The Kier molecular flexibility index (Phi) is 3.44. The van der Waals surface area contributed by atoms with Gasteiger partial charge in [-0.15, -0.1) is 0 Å². The average Bonchev–Trinajstić information content (AvgIpc) is 2.30. The summed E-state index contributed by atoms with van der Waals surface area (Å²) < 4.78 is 1.60. The molecule has 0 spiro atoms. The molecule has 0 aliphatic carbocycles. The van der Waals surface area contributed by atoms with Gasteiger partial charge >= 0.3 is 5.97 Å². The van der Waals surface area contributed by atoms with E-state index >= 15 is 0 Å². The van der Waals surface area contributed by atoms with Crippen molar-refractivity contribution in [3.05, 3.63) is 62.5 Å². The lowest BCUT2D eigenvalue weighted by Crippen LogP contribution is -2.18. The van der Waals surface area contributed by atoms with Crippen molar-refractivity contribution >= 4 is 17.6 Å². The molecule has 2 rings (SSSR count). The van der Waals surface area contributed by atoms with Crippen molar-refractivity contribution in [3.8, 4) is 5.69 Å². The molecule has 0 fully saturated rings. The third-order valence-electron chi connectivity index (χ3n) is 2.84. The van der Waals surface area contributed by atoms with E-state index in [1.54, 1.807) is 23.6 Å². The minimum atomic E-state index is -1.25. The second-order valence-corrected chi connectivity index (χ2v) is 4.73. The van der Waals surface area contributed by atoms with Crippen molar-refractivity contribution in [2.75, 3.05) is 0 Å². The van der Waals surface area contributed by atoms with Crippen molar-refractivity contribution < 1.29 is 9.90 Å². The summed E-state index contributed by atoms with van der Waals surface area (Å²) in [4.78, 5) is 22.6. The van der Waals surface area contributed by atoms with Gasteiger partial charge in [-0.2, -0.15) is 0 Å². The first-order valence-electron chi connectivity index (χ1n) is 5.63. The zero-order chi connectivity index (χ0) is 14.2. The Balaban J connectivity index is 2.71. The van der Waals surface area contributed by atoms with Crippen molar-refractivity contribution in [1.82, 2.24) is 4.57 Å². The molecule has 5 heteroatoms. The number of carboxylic acids is 1. The third kappa shape index (κ3) is 2.53. The number of aryl methyl sites for hydroxylation is 2. The number of carbonyl (C=O) groups is 1. The van der Waals surface area contributed by atoms with Gasteiger partial charge < -0.3 is 9.67 Å². The van der Waals surface area contributed by atoms with E-state index < -0.39 is 11.4 Å². The van der Waals surface area contributed by atoms with E-state index in [2.05, 4.69) is 0 Å². The van der Waals surface area contributed by atoms with Crippen molar-refractivity contribution in [1.29, 1.82) is 0 Å². The highest BCUT2D eigenvalue weighted by atomic mass is 35.5. The molecule has 1 heterocycles. The summed E-state index contributed by atoms with van der Waals surface area (Å²) in [5.74, 6) is -1.25. The second kappa shape index (κ2) is 4.90. The highest BCUT2D eigenvalue weighted by Crippen LogP contribution is 2.22. The van der Waals surface area contributed by atoms with Gasteiger partial charge in [-0.1, -0.05) is 17.7 Å². The smallest absolute Gasteiger partial charge is 0.341 e. The Morgan fingerprint density at radius 2 is 1.95 bits per heavy atom. The molecule has 0 aliphatic heterocycles. The Hall–Kier alpha value is -2.07. The molecule has 19 heavy (non-hydrogen) atoms. The molecule has 1 N–H and O–H groups in total. The van der Waals surface area contributed by atoms with Crippen LogP contribution in [0.25, 0.3) is 5.69 Å². The highest BCUT2D eigenvalue weighted by molar-refractivity contribution is 6.32. The molecule has 0 saturated carbocycles. The SMILES string of the molecule is Cc1ccc(-n2cc(C(=O)O)c(=O)cc2C)c(Cl)c1. The number of carboxylic acid groups (broad SMARTS) is 1. The van der Waals surface area contributed by atoms with Crippen molar-refractivity contribution in [2.45, 2.75) is 13.8 Å². The van der Waals surface area contributed by atoms with Crippen LogP contribution in [-0.2, 0) is 0 Å². The average molecular weight is 278 g/mol. The van der Waals surface area contributed by atoms with E-state index in [-0.39, 0.29) is 5.56 Å². The predicted octanol–water partition coefficient (Wildman–Crippen LogP) is 2.81. The van der Waals surface area contributed by atoms with Gasteiger partial charge in [0.2, 0.25) is 0 Å². The molecule has 0 saturated heterocycles.